The third-order valence-corrected chi connectivity index (χ3v) is 6.90. The van der Waals surface area contributed by atoms with Crippen LogP contribution in [-0.2, 0) is 0 Å². The number of hydrogen-bond acceptors (Lipinski definition) is 2. The van der Waals surface area contributed by atoms with Crippen LogP contribution in [0.2, 0.25) is 0 Å². The average Bonchev–Trinajstić information content (AvgIpc) is 3.02. The SMILES string of the molecule is C=C/C=C(\C=C)c1ccc(N(c2ccc(-c3ccc(N)cc3)cc2)C2C=CC(c3ccccc3)=CC2)cc1.CCC. The Kier molecular flexibility index (Phi) is 10.3. The average molecular weight is 537 g/mol. The first-order valence-corrected chi connectivity index (χ1v) is 14.3. The molecule has 0 saturated carbocycles. The molecule has 1 aliphatic carbocycles. The van der Waals surface area contributed by atoms with Crippen molar-refractivity contribution in [1.82, 2.24) is 0 Å². The summed E-state index contributed by atoms with van der Waals surface area (Å²) in [6.45, 7) is 12.0. The second-order valence-corrected chi connectivity index (χ2v) is 10.0. The molecule has 2 heteroatoms. The van der Waals surface area contributed by atoms with Crippen molar-refractivity contribution in [3.8, 4) is 11.1 Å². The number of nitrogen functional groups attached to an aromatic ring is 1. The van der Waals surface area contributed by atoms with Crippen molar-refractivity contribution in [1.29, 1.82) is 0 Å². The fraction of sp³-hybridized carbons (Fsp3) is 0.128. The van der Waals surface area contributed by atoms with Gasteiger partial charge in [-0.15, -0.1) is 0 Å². The first kappa shape index (κ1) is 29.2. The number of hydrogen-bond donors (Lipinski definition) is 1. The fourth-order valence-corrected chi connectivity index (χ4v) is 4.89. The third kappa shape index (κ3) is 7.43. The molecule has 0 fully saturated rings. The van der Waals surface area contributed by atoms with Gasteiger partial charge >= 0.3 is 0 Å². The predicted octanol–water partition coefficient (Wildman–Crippen LogP) is 10.7. The highest BCUT2D eigenvalue weighted by atomic mass is 15.2. The Labute approximate surface area is 246 Å². The summed E-state index contributed by atoms with van der Waals surface area (Å²) in [6.07, 6.45) is 14.7. The molecule has 4 aromatic carbocycles. The smallest absolute Gasteiger partial charge is 0.0560 e. The molecule has 0 bridgehead atoms. The highest BCUT2D eigenvalue weighted by Gasteiger charge is 2.21. The standard InChI is InChI=1S/C36H32N2.C3H8/c1-3-8-27(4-2)29-13-21-34(22-14-29)38(35-23-15-31(16-24-35)28-9-6-5-7-10-28)36-25-17-32(18-26-36)30-11-19-33(37)20-12-30;1-3-2/h3-23,25-26,35H,1-2,24,37H2;3H2,1-2H3/b27-8+;. The fourth-order valence-electron chi connectivity index (χ4n) is 4.89. The van der Waals surface area contributed by atoms with Crippen LogP contribution in [-0.4, -0.2) is 6.04 Å². The highest BCUT2D eigenvalue weighted by Crippen LogP contribution is 2.35. The maximum atomic E-state index is 5.89. The van der Waals surface area contributed by atoms with Crippen LogP contribution < -0.4 is 10.6 Å². The third-order valence-electron chi connectivity index (χ3n) is 6.90. The van der Waals surface area contributed by atoms with Crippen molar-refractivity contribution in [2.75, 3.05) is 10.6 Å². The van der Waals surface area contributed by atoms with Gasteiger partial charge in [0.25, 0.3) is 0 Å². The molecule has 0 saturated heterocycles. The van der Waals surface area contributed by atoms with Crippen LogP contribution in [0.5, 0.6) is 0 Å². The van der Waals surface area contributed by atoms with Gasteiger partial charge in [-0.2, -0.15) is 0 Å². The second-order valence-electron chi connectivity index (χ2n) is 10.0. The quantitative estimate of drug-likeness (QED) is 0.179. The zero-order valence-corrected chi connectivity index (χ0v) is 24.2. The van der Waals surface area contributed by atoms with E-state index in [0.29, 0.717) is 0 Å². The molecular formula is C39H40N2. The van der Waals surface area contributed by atoms with Crippen molar-refractivity contribution in [3.05, 3.63) is 164 Å². The summed E-state index contributed by atoms with van der Waals surface area (Å²) in [5, 5.41) is 0. The van der Waals surface area contributed by atoms with Gasteiger partial charge in [-0.1, -0.05) is 137 Å². The summed E-state index contributed by atoms with van der Waals surface area (Å²) in [5.41, 5.74) is 16.0. The maximum Gasteiger partial charge on any atom is 0.0560 e. The number of rotatable bonds is 8. The van der Waals surface area contributed by atoms with E-state index < -0.39 is 0 Å². The summed E-state index contributed by atoms with van der Waals surface area (Å²) >= 11 is 0. The van der Waals surface area contributed by atoms with Crippen molar-refractivity contribution in [2.24, 2.45) is 0 Å². The molecule has 0 heterocycles. The molecule has 1 atom stereocenters. The first-order chi connectivity index (χ1) is 20.1. The molecule has 1 aliphatic rings. The van der Waals surface area contributed by atoms with Gasteiger partial charge in [0.15, 0.2) is 0 Å². The van der Waals surface area contributed by atoms with Crippen molar-refractivity contribution in [2.45, 2.75) is 32.7 Å². The molecule has 206 valence electrons. The van der Waals surface area contributed by atoms with Gasteiger partial charge in [0.05, 0.1) is 6.04 Å². The van der Waals surface area contributed by atoms with E-state index in [0.717, 1.165) is 40.2 Å². The van der Waals surface area contributed by atoms with Gasteiger partial charge in [-0.25, -0.2) is 0 Å². The molecule has 0 radical (unpaired) electrons. The number of benzene rings is 4. The monoisotopic (exact) mass is 536 g/mol. The Morgan fingerprint density at radius 3 is 1.85 bits per heavy atom. The van der Waals surface area contributed by atoms with Crippen LogP contribution in [0.1, 0.15) is 37.8 Å². The lowest BCUT2D eigenvalue weighted by atomic mass is 9.95. The Morgan fingerprint density at radius 1 is 0.780 bits per heavy atom. The van der Waals surface area contributed by atoms with Crippen molar-refractivity contribution < 1.29 is 0 Å². The van der Waals surface area contributed by atoms with Crippen molar-refractivity contribution >= 4 is 28.2 Å². The Morgan fingerprint density at radius 2 is 1.34 bits per heavy atom. The number of nitrogens with two attached hydrogens (primary N) is 1. The van der Waals surface area contributed by atoms with E-state index in [1.807, 2.05) is 24.3 Å². The van der Waals surface area contributed by atoms with E-state index in [1.165, 1.54) is 23.1 Å². The summed E-state index contributed by atoms with van der Waals surface area (Å²) in [6, 6.07) is 36.2. The van der Waals surface area contributed by atoms with Gasteiger partial charge in [0.1, 0.15) is 0 Å². The minimum absolute atomic E-state index is 0.193. The zero-order chi connectivity index (χ0) is 29.0. The predicted molar refractivity (Wildman–Crippen MR) is 181 cm³/mol. The molecule has 41 heavy (non-hydrogen) atoms. The number of allylic oxidation sites excluding steroid dienone is 6. The molecule has 0 amide bonds. The summed E-state index contributed by atoms with van der Waals surface area (Å²) in [4.78, 5) is 2.41. The highest BCUT2D eigenvalue weighted by molar-refractivity contribution is 5.79. The van der Waals surface area contributed by atoms with Gasteiger partial charge in [0, 0.05) is 17.1 Å². The molecular weight excluding hydrogens is 496 g/mol. The van der Waals surface area contributed by atoms with Crippen LogP contribution in [0.4, 0.5) is 17.1 Å². The minimum Gasteiger partial charge on any atom is -0.399 e. The second kappa shape index (κ2) is 14.5. The van der Waals surface area contributed by atoms with Crippen LogP contribution in [0, 0.1) is 0 Å². The topological polar surface area (TPSA) is 29.3 Å². The molecule has 0 spiro atoms. The molecule has 5 rings (SSSR count). The largest absolute Gasteiger partial charge is 0.399 e. The van der Waals surface area contributed by atoms with E-state index in [2.05, 4.69) is 141 Å². The van der Waals surface area contributed by atoms with Crippen LogP contribution in [0.25, 0.3) is 22.3 Å². The first-order valence-electron chi connectivity index (χ1n) is 14.3. The van der Waals surface area contributed by atoms with Gasteiger partial charge in [-0.3, -0.25) is 0 Å². The number of anilines is 3. The summed E-state index contributed by atoms with van der Waals surface area (Å²) in [7, 11) is 0. The van der Waals surface area contributed by atoms with Gasteiger partial charge in [-0.05, 0) is 76.2 Å². The maximum absolute atomic E-state index is 5.89. The summed E-state index contributed by atoms with van der Waals surface area (Å²) in [5.74, 6) is 0. The van der Waals surface area contributed by atoms with Gasteiger partial charge < -0.3 is 10.6 Å². The normalized spacial score (nSPS) is 14.3. The lowest BCUT2D eigenvalue weighted by Gasteiger charge is -2.33. The van der Waals surface area contributed by atoms with E-state index in [1.54, 1.807) is 6.08 Å². The molecule has 1 unspecified atom stereocenters. The van der Waals surface area contributed by atoms with E-state index in [9.17, 15) is 0 Å². The molecule has 2 N–H and O–H groups in total. The molecule has 0 aromatic heterocycles. The van der Waals surface area contributed by atoms with E-state index >= 15 is 0 Å². The van der Waals surface area contributed by atoms with Crippen LogP contribution >= 0.6 is 0 Å². The lowest BCUT2D eigenvalue weighted by molar-refractivity contribution is 0.787. The van der Waals surface area contributed by atoms with E-state index in [-0.39, 0.29) is 6.04 Å². The minimum atomic E-state index is 0.193. The van der Waals surface area contributed by atoms with Crippen LogP contribution in [0.3, 0.4) is 0 Å². The molecule has 0 aliphatic heterocycles. The Hall–Kier alpha value is -4.82. The Balaban J connectivity index is 0.00000124. The van der Waals surface area contributed by atoms with Crippen LogP contribution in [0.15, 0.2) is 153 Å². The number of nitrogens with zero attached hydrogens (tertiary/aromatic N) is 1. The zero-order valence-electron chi connectivity index (χ0n) is 24.2. The van der Waals surface area contributed by atoms with Crippen molar-refractivity contribution in [3.63, 3.8) is 0 Å². The Bertz CT molecular complexity index is 1500. The summed E-state index contributed by atoms with van der Waals surface area (Å²) < 4.78 is 0. The van der Waals surface area contributed by atoms with Gasteiger partial charge in [0.2, 0.25) is 0 Å². The van der Waals surface area contributed by atoms with E-state index in [4.69, 9.17) is 5.73 Å². The lowest BCUT2D eigenvalue weighted by Crippen LogP contribution is -2.30. The molecule has 4 aromatic rings. The molecule has 2 nitrogen and oxygen atoms in total.